The number of carbonyl (C=O) groups excluding carboxylic acids is 1. The fourth-order valence-corrected chi connectivity index (χ4v) is 2.37. The Morgan fingerprint density at radius 2 is 2.45 bits per heavy atom. The summed E-state index contributed by atoms with van der Waals surface area (Å²) in [5, 5.41) is 10.7. The van der Waals surface area contributed by atoms with Gasteiger partial charge in [-0.05, 0) is 17.7 Å². The molecule has 1 aromatic carbocycles. The van der Waals surface area contributed by atoms with E-state index in [1.807, 2.05) is 28.9 Å². The Kier molecular flexibility index (Phi) is 4.34. The van der Waals surface area contributed by atoms with E-state index in [1.165, 1.54) is 0 Å². The molecule has 1 aromatic heterocycles. The van der Waals surface area contributed by atoms with E-state index < -0.39 is 0 Å². The normalized spacial score (nSPS) is 16.9. The van der Waals surface area contributed by atoms with Gasteiger partial charge in [0.2, 0.25) is 5.91 Å². The van der Waals surface area contributed by atoms with Crippen LogP contribution < -0.4 is 10.1 Å². The van der Waals surface area contributed by atoms with E-state index in [2.05, 4.69) is 15.6 Å². The number of rotatable bonds is 5. The van der Waals surface area contributed by atoms with Crippen molar-refractivity contribution in [2.75, 3.05) is 13.7 Å². The van der Waals surface area contributed by atoms with Gasteiger partial charge in [-0.2, -0.15) is 0 Å². The topological polar surface area (TPSA) is 78.3 Å². The van der Waals surface area contributed by atoms with E-state index in [0.717, 1.165) is 17.0 Å². The zero-order valence-electron chi connectivity index (χ0n) is 12.4. The lowest BCUT2D eigenvalue weighted by atomic mass is 10.1. The van der Waals surface area contributed by atoms with Crippen LogP contribution in [-0.2, 0) is 29.1 Å². The number of aromatic nitrogens is 3. The first-order valence-corrected chi connectivity index (χ1v) is 7.13. The van der Waals surface area contributed by atoms with Crippen molar-refractivity contribution >= 4 is 5.91 Å². The molecule has 1 atom stereocenters. The number of amides is 1. The minimum atomic E-state index is -0.0801. The van der Waals surface area contributed by atoms with Crippen LogP contribution in [-0.4, -0.2) is 40.7 Å². The number of carbonyl (C=O) groups is 1. The van der Waals surface area contributed by atoms with Crippen LogP contribution >= 0.6 is 0 Å². The lowest BCUT2D eigenvalue weighted by Crippen LogP contribution is -2.39. The summed E-state index contributed by atoms with van der Waals surface area (Å²) in [7, 11) is 1.61. The van der Waals surface area contributed by atoms with Crippen LogP contribution in [0.4, 0.5) is 0 Å². The Balaban J connectivity index is 1.48. The highest BCUT2D eigenvalue weighted by molar-refractivity contribution is 5.78. The van der Waals surface area contributed by atoms with Gasteiger partial charge < -0.3 is 14.8 Å². The first kappa shape index (κ1) is 14.5. The zero-order valence-corrected chi connectivity index (χ0v) is 12.4. The third-order valence-electron chi connectivity index (χ3n) is 3.57. The largest absolute Gasteiger partial charge is 0.497 e. The maximum absolute atomic E-state index is 12.0. The zero-order chi connectivity index (χ0) is 15.4. The second-order valence-electron chi connectivity index (χ2n) is 5.17. The van der Waals surface area contributed by atoms with Crippen LogP contribution in [0.25, 0.3) is 0 Å². The van der Waals surface area contributed by atoms with E-state index in [-0.39, 0.29) is 12.0 Å². The number of methoxy groups -OCH3 is 1. The summed E-state index contributed by atoms with van der Waals surface area (Å²) in [5.41, 5.74) is 1.87. The van der Waals surface area contributed by atoms with Crippen LogP contribution in [0.2, 0.25) is 0 Å². The number of hydrogen-bond acceptors (Lipinski definition) is 5. The third kappa shape index (κ3) is 3.43. The highest BCUT2D eigenvalue weighted by Gasteiger charge is 2.20. The van der Waals surface area contributed by atoms with Gasteiger partial charge in [0.25, 0.3) is 0 Å². The van der Waals surface area contributed by atoms with Crippen molar-refractivity contribution in [2.24, 2.45) is 0 Å². The van der Waals surface area contributed by atoms with Gasteiger partial charge in [0, 0.05) is 6.54 Å². The van der Waals surface area contributed by atoms with Gasteiger partial charge in [-0.25, -0.2) is 4.68 Å². The smallest absolute Gasteiger partial charge is 0.224 e. The lowest BCUT2D eigenvalue weighted by molar-refractivity contribution is -0.121. The molecule has 2 heterocycles. The molecule has 1 amide bonds. The molecular formula is C15H18N4O3. The van der Waals surface area contributed by atoms with Crippen LogP contribution in [0.5, 0.6) is 5.75 Å². The molecule has 0 fully saturated rings. The van der Waals surface area contributed by atoms with Gasteiger partial charge in [0.1, 0.15) is 5.75 Å². The summed E-state index contributed by atoms with van der Waals surface area (Å²) in [6.07, 6.45) is 1.93. The SMILES string of the molecule is COc1cccc(CC(=O)NC[C@H]2Cn3nncc3CO2)c1. The van der Waals surface area contributed by atoms with Gasteiger partial charge in [0.05, 0.1) is 44.7 Å². The van der Waals surface area contributed by atoms with Gasteiger partial charge in [-0.1, -0.05) is 17.3 Å². The molecule has 1 aliphatic heterocycles. The summed E-state index contributed by atoms with van der Waals surface area (Å²) < 4.78 is 12.6. The fraction of sp³-hybridized carbons (Fsp3) is 0.400. The predicted octanol–water partition coefficient (Wildman–Crippen LogP) is 0.544. The first-order valence-electron chi connectivity index (χ1n) is 7.13. The van der Waals surface area contributed by atoms with Gasteiger partial charge in [-0.3, -0.25) is 4.79 Å². The van der Waals surface area contributed by atoms with Crippen molar-refractivity contribution < 1.29 is 14.3 Å². The maximum Gasteiger partial charge on any atom is 0.224 e. The molecule has 7 nitrogen and oxygen atoms in total. The molecule has 7 heteroatoms. The maximum atomic E-state index is 12.0. The second kappa shape index (κ2) is 6.57. The van der Waals surface area contributed by atoms with Crippen LogP contribution in [0.3, 0.4) is 0 Å². The summed E-state index contributed by atoms with van der Waals surface area (Å²) >= 11 is 0. The van der Waals surface area contributed by atoms with Gasteiger partial charge in [0.15, 0.2) is 0 Å². The Bertz CT molecular complexity index is 656. The van der Waals surface area contributed by atoms with E-state index in [4.69, 9.17) is 9.47 Å². The van der Waals surface area contributed by atoms with Crippen molar-refractivity contribution in [2.45, 2.75) is 25.7 Å². The number of fused-ring (bicyclic) bond motifs is 1. The Labute approximate surface area is 128 Å². The van der Waals surface area contributed by atoms with Crippen molar-refractivity contribution in [1.29, 1.82) is 0 Å². The first-order chi connectivity index (χ1) is 10.7. The van der Waals surface area contributed by atoms with Gasteiger partial charge >= 0.3 is 0 Å². The summed E-state index contributed by atoms with van der Waals surface area (Å²) in [6, 6.07) is 7.49. The molecule has 0 aliphatic carbocycles. The molecule has 0 radical (unpaired) electrons. The molecule has 0 bridgehead atoms. The summed E-state index contributed by atoms with van der Waals surface area (Å²) in [4.78, 5) is 12.0. The predicted molar refractivity (Wildman–Crippen MR) is 78.3 cm³/mol. The number of hydrogen-bond donors (Lipinski definition) is 1. The fourth-order valence-electron chi connectivity index (χ4n) is 2.37. The Hall–Kier alpha value is -2.41. The van der Waals surface area contributed by atoms with Crippen LogP contribution in [0.1, 0.15) is 11.3 Å². The molecule has 3 rings (SSSR count). The van der Waals surface area contributed by atoms with Crippen molar-refractivity contribution in [3.8, 4) is 5.75 Å². The standard InChI is InChI=1S/C15H18N4O3/c1-21-13-4-2-3-11(5-13)6-15(20)16-8-14-9-19-12(10-22-14)7-17-18-19/h2-5,7,14H,6,8-10H2,1H3,(H,16,20)/t14-/m0/s1. The molecule has 2 aromatic rings. The molecule has 0 unspecified atom stereocenters. The summed E-state index contributed by atoms with van der Waals surface area (Å²) in [5.74, 6) is 0.709. The van der Waals surface area contributed by atoms with Crippen molar-refractivity contribution in [3.63, 3.8) is 0 Å². The number of nitrogens with one attached hydrogen (secondary N) is 1. The lowest BCUT2D eigenvalue weighted by Gasteiger charge is -2.23. The molecule has 0 spiro atoms. The number of benzene rings is 1. The average molecular weight is 302 g/mol. The highest BCUT2D eigenvalue weighted by Crippen LogP contribution is 2.13. The van der Waals surface area contributed by atoms with E-state index in [0.29, 0.717) is 26.1 Å². The van der Waals surface area contributed by atoms with Crippen molar-refractivity contribution in [3.05, 3.63) is 41.7 Å². The molecule has 0 saturated carbocycles. The minimum absolute atomic E-state index is 0.0405. The van der Waals surface area contributed by atoms with Crippen LogP contribution in [0.15, 0.2) is 30.5 Å². The molecule has 1 N–H and O–H groups in total. The van der Waals surface area contributed by atoms with Crippen molar-refractivity contribution in [1.82, 2.24) is 20.3 Å². The van der Waals surface area contributed by atoms with E-state index in [9.17, 15) is 4.79 Å². The molecule has 0 saturated heterocycles. The quantitative estimate of drug-likeness (QED) is 0.872. The highest BCUT2D eigenvalue weighted by atomic mass is 16.5. The second-order valence-corrected chi connectivity index (χ2v) is 5.17. The van der Waals surface area contributed by atoms with Gasteiger partial charge in [-0.15, -0.1) is 5.10 Å². The van der Waals surface area contributed by atoms with E-state index >= 15 is 0 Å². The summed E-state index contributed by atoms with van der Waals surface area (Å²) in [6.45, 7) is 1.54. The number of nitrogens with zero attached hydrogens (tertiary/aromatic N) is 3. The minimum Gasteiger partial charge on any atom is -0.497 e. The third-order valence-corrected chi connectivity index (χ3v) is 3.57. The average Bonchev–Trinajstić information content (AvgIpc) is 3.00. The van der Waals surface area contributed by atoms with Crippen LogP contribution in [0, 0.1) is 0 Å². The monoisotopic (exact) mass is 302 g/mol. The molecule has 22 heavy (non-hydrogen) atoms. The molecule has 116 valence electrons. The Morgan fingerprint density at radius 3 is 3.32 bits per heavy atom. The molecule has 1 aliphatic rings. The Morgan fingerprint density at radius 1 is 1.55 bits per heavy atom. The van der Waals surface area contributed by atoms with E-state index in [1.54, 1.807) is 13.3 Å². The number of ether oxygens (including phenoxy) is 2. The molecular weight excluding hydrogens is 284 g/mol.